The fourth-order valence-electron chi connectivity index (χ4n) is 3.18. The van der Waals surface area contributed by atoms with Crippen molar-refractivity contribution in [3.63, 3.8) is 0 Å². The van der Waals surface area contributed by atoms with E-state index in [2.05, 4.69) is 66.3 Å². The fourth-order valence-corrected chi connectivity index (χ4v) is 4.36. The van der Waals surface area contributed by atoms with E-state index in [0.717, 1.165) is 31.0 Å². The molecule has 3 heterocycles. The zero-order valence-electron chi connectivity index (χ0n) is 16.1. The van der Waals surface area contributed by atoms with Crippen molar-refractivity contribution in [2.45, 2.75) is 70.8 Å². The second kappa shape index (κ2) is 6.77. The van der Waals surface area contributed by atoms with Crippen molar-refractivity contribution >= 4 is 25.7 Å². The number of nitrogens with one attached hydrogen (secondary N) is 1. The molecule has 2 aliphatic heterocycles. The summed E-state index contributed by atoms with van der Waals surface area (Å²) in [6.07, 6.45) is 4.15. The highest BCUT2D eigenvalue weighted by molar-refractivity contribution is 6.74. The van der Waals surface area contributed by atoms with Crippen LogP contribution in [0, 0.1) is 0 Å². The zero-order chi connectivity index (χ0) is 18.4. The lowest BCUT2D eigenvalue weighted by Gasteiger charge is -2.40. The molecule has 140 valence electrons. The molecule has 2 unspecified atom stereocenters. The Balaban J connectivity index is 1.69. The Morgan fingerprint density at radius 2 is 2.12 bits per heavy atom. The molecule has 0 bridgehead atoms. The number of rotatable bonds is 4. The van der Waals surface area contributed by atoms with Crippen LogP contribution in [-0.2, 0) is 4.43 Å². The summed E-state index contributed by atoms with van der Waals surface area (Å²) in [4.78, 5) is 8.45. The Morgan fingerprint density at radius 3 is 2.80 bits per heavy atom. The second-order valence-electron chi connectivity index (χ2n) is 8.61. The number of hydrazine groups is 2. The first-order valence-corrected chi connectivity index (χ1v) is 12.4. The number of anilines is 1. The molecule has 8 heteroatoms. The van der Waals surface area contributed by atoms with Crippen molar-refractivity contribution in [1.82, 2.24) is 20.1 Å². The van der Waals surface area contributed by atoms with Gasteiger partial charge in [-0.1, -0.05) is 20.8 Å². The van der Waals surface area contributed by atoms with Gasteiger partial charge in [-0.15, -0.1) is 5.12 Å². The van der Waals surface area contributed by atoms with Crippen molar-refractivity contribution in [3.05, 3.63) is 17.0 Å². The largest absolute Gasteiger partial charge is 0.415 e. The molecule has 1 aromatic rings. The van der Waals surface area contributed by atoms with Crippen molar-refractivity contribution < 1.29 is 4.43 Å². The normalized spacial score (nSPS) is 25.2. The Morgan fingerprint density at radius 1 is 1.40 bits per heavy atom. The predicted molar refractivity (Wildman–Crippen MR) is 104 cm³/mol. The van der Waals surface area contributed by atoms with E-state index in [0.29, 0.717) is 6.04 Å². The summed E-state index contributed by atoms with van der Waals surface area (Å²) in [7, 11) is -1.73. The lowest BCUT2D eigenvalue weighted by molar-refractivity contribution is -0.0493. The van der Waals surface area contributed by atoms with Gasteiger partial charge in [-0.25, -0.2) is 9.99 Å². The van der Waals surface area contributed by atoms with E-state index in [1.165, 1.54) is 6.42 Å². The lowest BCUT2D eigenvalue weighted by Crippen LogP contribution is -2.51. The van der Waals surface area contributed by atoms with Crippen LogP contribution in [0.4, 0.5) is 5.82 Å². The van der Waals surface area contributed by atoms with E-state index in [-0.39, 0.29) is 16.4 Å². The van der Waals surface area contributed by atoms with Gasteiger partial charge in [-0.3, -0.25) is 5.43 Å². The Labute approximate surface area is 157 Å². The molecular formula is C17H30ClN5OSi. The number of aromatic nitrogens is 2. The topological polar surface area (TPSA) is 53.5 Å². The van der Waals surface area contributed by atoms with Gasteiger partial charge in [0.05, 0.1) is 12.6 Å². The molecule has 0 spiro atoms. The van der Waals surface area contributed by atoms with Crippen LogP contribution in [0.15, 0.2) is 6.20 Å². The lowest BCUT2D eigenvalue weighted by atomic mass is 10.2. The summed E-state index contributed by atoms with van der Waals surface area (Å²) in [6, 6.07) is 0.572. The molecule has 0 saturated carbocycles. The van der Waals surface area contributed by atoms with E-state index in [9.17, 15) is 0 Å². The smallest absolute Gasteiger partial charge is 0.224 e. The van der Waals surface area contributed by atoms with Crippen LogP contribution in [-0.4, -0.2) is 47.6 Å². The molecule has 1 aromatic heterocycles. The number of halogens is 1. The molecule has 3 rings (SSSR count). The standard InChI is InChI=1S/C17H30ClN5OSi/c1-12-14-10-19-16(18)20-15(14)21-23(12)22-9-7-8-13(22)11-24-25(5,6)17(2,3)4/h10,12-13H,7-9,11H2,1-6H3,(H,19,20,21). The van der Waals surface area contributed by atoms with E-state index in [1.807, 2.05) is 6.20 Å². The van der Waals surface area contributed by atoms with Crippen LogP contribution in [0.3, 0.4) is 0 Å². The maximum atomic E-state index is 6.49. The summed E-state index contributed by atoms with van der Waals surface area (Å²) >= 11 is 5.94. The molecule has 0 radical (unpaired) electrons. The summed E-state index contributed by atoms with van der Waals surface area (Å²) in [5.41, 5.74) is 4.49. The SMILES string of the molecule is CC1c2cnc(Cl)nc2NN1N1CCCC1CO[Si](C)(C)C(C)(C)C. The van der Waals surface area contributed by atoms with Gasteiger partial charge in [0.25, 0.3) is 0 Å². The summed E-state index contributed by atoms with van der Waals surface area (Å²) in [5.74, 6) is 0.809. The van der Waals surface area contributed by atoms with E-state index in [4.69, 9.17) is 16.0 Å². The molecule has 1 N–H and O–H groups in total. The molecule has 2 aliphatic rings. The third-order valence-corrected chi connectivity index (χ3v) is 10.6. The average molecular weight is 384 g/mol. The van der Waals surface area contributed by atoms with Crippen molar-refractivity contribution in [2.24, 2.45) is 0 Å². The van der Waals surface area contributed by atoms with Gasteiger partial charge in [0.1, 0.15) is 0 Å². The minimum absolute atomic E-state index is 0.181. The van der Waals surface area contributed by atoms with Gasteiger partial charge in [-0.05, 0) is 49.5 Å². The van der Waals surface area contributed by atoms with Crippen LogP contribution >= 0.6 is 11.6 Å². The molecular weight excluding hydrogens is 354 g/mol. The molecule has 2 atom stereocenters. The minimum atomic E-state index is -1.73. The number of fused-ring (bicyclic) bond motifs is 1. The zero-order valence-corrected chi connectivity index (χ0v) is 17.9. The van der Waals surface area contributed by atoms with Gasteiger partial charge >= 0.3 is 0 Å². The van der Waals surface area contributed by atoms with Crippen LogP contribution in [0.2, 0.25) is 23.4 Å². The predicted octanol–water partition coefficient (Wildman–Crippen LogP) is 4.23. The van der Waals surface area contributed by atoms with Crippen molar-refractivity contribution in [3.8, 4) is 0 Å². The number of hydrogen-bond acceptors (Lipinski definition) is 6. The fraction of sp³-hybridized carbons (Fsp3) is 0.765. The molecule has 0 amide bonds. The number of nitrogens with zero attached hydrogens (tertiary/aromatic N) is 4. The van der Waals surface area contributed by atoms with E-state index >= 15 is 0 Å². The highest BCUT2D eigenvalue weighted by Gasteiger charge is 2.41. The maximum Gasteiger partial charge on any atom is 0.224 e. The van der Waals surface area contributed by atoms with E-state index in [1.54, 1.807) is 0 Å². The number of hydrogen-bond donors (Lipinski definition) is 1. The van der Waals surface area contributed by atoms with Gasteiger partial charge < -0.3 is 4.43 Å². The van der Waals surface area contributed by atoms with Crippen LogP contribution in [0.25, 0.3) is 0 Å². The first kappa shape index (κ1) is 19.0. The highest BCUT2D eigenvalue weighted by atomic mass is 35.5. The van der Waals surface area contributed by atoms with Crippen LogP contribution in [0.1, 0.15) is 52.1 Å². The summed E-state index contributed by atoms with van der Waals surface area (Å²) in [5, 5.41) is 5.09. The summed E-state index contributed by atoms with van der Waals surface area (Å²) < 4.78 is 6.49. The van der Waals surface area contributed by atoms with Crippen molar-refractivity contribution in [1.29, 1.82) is 0 Å². The Kier molecular flexibility index (Phi) is 5.16. The van der Waals surface area contributed by atoms with Gasteiger partial charge in [0.15, 0.2) is 14.1 Å². The Bertz CT molecular complexity index is 636. The molecule has 25 heavy (non-hydrogen) atoms. The molecule has 0 aliphatic carbocycles. The molecule has 1 saturated heterocycles. The highest BCUT2D eigenvalue weighted by Crippen LogP contribution is 2.39. The summed E-state index contributed by atoms with van der Waals surface area (Å²) in [6.45, 7) is 15.5. The first-order chi connectivity index (χ1) is 11.6. The molecule has 6 nitrogen and oxygen atoms in total. The van der Waals surface area contributed by atoms with Crippen LogP contribution < -0.4 is 5.43 Å². The van der Waals surface area contributed by atoms with E-state index < -0.39 is 8.32 Å². The average Bonchev–Trinajstić information content (AvgIpc) is 3.08. The monoisotopic (exact) mass is 383 g/mol. The van der Waals surface area contributed by atoms with Gasteiger partial charge in [0, 0.05) is 24.3 Å². The molecule has 1 fully saturated rings. The minimum Gasteiger partial charge on any atom is -0.415 e. The molecule has 0 aromatic carbocycles. The second-order valence-corrected chi connectivity index (χ2v) is 13.8. The third-order valence-electron chi connectivity index (χ3n) is 5.89. The first-order valence-electron chi connectivity index (χ1n) is 9.09. The van der Waals surface area contributed by atoms with Crippen molar-refractivity contribution in [2.75, 3.05) is 18.6 Å². The van der Waals surface area contributed by atoms with Crippen LogP contribution in [0.5, 0.6) is 0 Å². The third kappa shape index (κ3) is 3.71. The maximum absolute atomic E-state index is 6.49. The quantitative estimate of drug-likeness (QED) is 0.620. The van der Waals surface area contributed by atoms with Gasteiger partial charge in [0.2, 0.25) is 5.28 Å². The Hall–Kier alpha value is -0.733. The van der Waals surface area contributed by atoms with Gasteiger partial charge in [-0.2, -0.15) is 4.98 Å².